The number of rotatable bonds is 8. The molecule has 0 aliphatic rings. The normalized spacial score (nSPS) is 12.4. The molecule has 2 aromatic rings. The van der Waals surface area contributed by atoms with Crippen LogP contribution in [0.5, 0.6) is 0 Å². The van der Waals surface area contributed by atoms with Gasteiger partial charge in [0.25, 0.3) is 5.91 Å². The maximum atomic E-state index is 12.4. The van der Waals surface area contributed by atoms with Crippen molar-refractivity contribution in [3.8, 4) is 0 Å². The molecule has 0 spiro atoms. The van der Waals surface area contributed by atoms with Crippen molar-refractivity contribution >= 4 is 27.6 Å². The van der Waals surface area contributed by atoms with Crippen LogP contribution in [0.2, 0.25) is 0 Å². The number of sulfonamides is 1. The highest BCUT2D eigenvalue weighted by Gasteiger charge is 2.21. The van der Waals surface area contributed by atoms with Gasteiger partial charge in [-0.1, -0.05) is 25.1 Å². The van der Waals surface area contributed by atoms with E-state index in [0.717, 1.165) is 12.0 Å². The Bertz CT molecular complexity index is 969. The third kappa shape index (κ3) is 6.40. The summed E-state index contributed by atoms with van der Waals surface area (Å²) in [7, 11) is -3.74. The van der Waals surface area contributed by atoms with Crippen LogP contribution in [0.15, 0.2) is 53.4 Å². The number of aryl methyl sites for hydroxylation is 1. The minimum atomic E-state index is -3.74. The summed E-state index contributed by atoms with van der Waals surface area (Å²) in [5, 5.41) is 2.69. The highest BCUT2D eigenvalue weighted by molar-refractivity contribution is 7.89. The molecule has 0 heterocycles. The second kappa shape index (κ2) is 9.67. The number of carbonyl (C=O) groups is 2. The van der Waals surface area contributed by atoms with Crippen LogP contribution in [0.25, 0.3) is 0 Å². The van der Waals surface area contributed by atoms with Crippen molar-refractivity contribution in [2.45, 2.75) is 51.2 Å². The molecule has 8 heteroatoms. The molecule has 0 bridgehead atoms. The molecular formula is C21H26N2O5S. The Morgan fingerprint density at radius 3 is 2.28 bits per heavy atom. The lowest BCUT2D eigenvalue weighted by atomic mass is 10.1. The standard InChI is InChI=1S/C21H26N2O5S/c1-5-16-9-11-18(12-10-16)22-20(24)15(4)28-21(25)17-7-6-8-19(13-17)29(26,27)23-14(2)3/h6-15,23H,5H2,1-4H3,(H,22,24)/t15-/m0/s1. The molecule has 2 aromatic carbocycles. The Kier molecular flexibility index (Phi) is 7.53. The summed E-state index contributed by atoms with van der Waals surface area (Å²) in [5.41, 5.74) is 1.79. The molecule has 0 unspecified atom stereocenters. The summed E-state index contributed by atoms with van der Waals surface area (Å²) < 4.78 is 32.2. The third-order valence-electron chi connectivity index (χ3n) is 4.05. The van der Waals surface area contributed by atoms with Crippen LogP contribution in [0.4, 0.5) is 5.69 Å². The molecule has 29 heavy (non-hydrogen) atoms. The number of anilines is 1. The summed E-state index contributed by atoms with van der Waals surface area (Å²) in [6.45, 7) is 6.89. The largest absolute Gasteiger partial charge is 0.449 e. The number of hydrogen-bond acceptors (Lipinski definition) is 5. The van der Waals surface area contributed by atoms with E-state index in [2.05, 4.69) is 10.0 Å². The number of amides is 1. The van der Waals surface area contributed by atoms with Gasteiger partial charge in [0.1, 0.15) is 0 Å². The number of ether oxygens (including phenoxy) is 1. The molecule has 0 aliphatic carbocycles. The van der Waals surface area contributed by atoms with Crippen molar-refractivity contribution in [2.24, 2.45) is 0 Å². The molecule has 0 radical (unpaired) electrons. The Hall–Kier alpha value is -2.71. The van der Waals surface area contributed by atoms with Gasteiger partial charge in [-0.3, -0.25) is 4.79 Å². The zero-order chi connectivity index (χ0) is 21.6. The van der Waals surface area contributed by atoms with E-state index in [1.165, 1.54) is 31.2 Å². The van der Waals surface area contributed by atoms with Gasteiger partial charge in [-0.05, 0) is 63.1 Å². The smallest absolute Gasteiger partial charge is 0.338 e. The molecule has 2 rings (SSSR count). The van der Waals surface area contributed by atoms with Gasteiger partial charge in [-0.25, -0.2) is 17.9 Å². The number of nitrogens with one attached hydrogen (secondary N) is 2. The fourth-order valence-electron chi connectivity index (χ4n) is 2.52. The fourth-order valence-corrected chi connectivity index (χ4v) is 3.81. The minimum Gasteiger partial charge on any atom is -0.449 e. The van der Waals surface area contributed by atoms with E-state index in [4.69, 9.17) is 4.74 Å². The zero-order valence-electron chi connectivity index (χ0n) is 16.9. The van der Waals surface area contributed by atoms with E-state index >= 15 is 0 Å². The number of esters is 1. The summed E-state index contributed by atoms with van der Waals surface area (Å²) in [6, 6.07) is 12.6. The van der Waals surface area contributed by atoms with E-state index in [-0.39, 0.29) is 16.5 Å². The van der Waals surface area contributed by atoms with E-state index in [1.807, 2.05) is 19.1 Å². The molecule has 0 saturated carbocycles. The maximum Gasteiger partial charge on any atom is 0.338 e. The average molecular weight is 419 g/mol. The zero-order valence-corrected chi connectivity index (χ0v) is 17.7. The van der Waals surface area contributed by atoms with E-state index in [9.17, 15) is 18.0 Å². The third-order valence-corrected chi connectivity index (χ3v) is 5.71. The van der Waals surface area contributed by atoms with E-state index in [1.54, 1.807) is 26.0 Å². The minimum absolute atomic E-state index is 0.0450. The van der Waals surface area contributed by atoms with Gasteiger partial charge in [0.2, 0.25) is 10.0 Å². The lowest BCUT2D eigenvalue weighted by Gasteiger charge is -2.14. The molecule has 1 amide bonds. The first-order valence-electron chi connectivity index (χ1n) is 9.35. The van der Waals surface area contributed by atoms with Crippen LogP contribution in [-0.4, -0.2) is 32.4 Å². The van der Waals surface area contributed by atoms with Gasteiger partial charge >= 0.3 is 5.97 Å². The summed E-state index contributed by atoms with van der Waals surface area (Å²) in [6.07, 6.45) is -0.161. The van der Waals surface area contributed by atoms with Gasteiger partial charge in [0, 0.05) is 11.7 Å². The van der Waals surface area contributed by atoms with Crippen LogP contribution < -0.4 is 10.0 Å². The Labute approximate surface area is 171 Å². The predicted octanol–water partition coefficient (Wildman–Crippen LogP) is 3.12. The van der Waals surface area contributed by atoms with E-state index < -0.39 is 28.0 Å². The van der Waals surface area contributed by atoms with Crippen molar-refractivity contribution in [1.82, 2.24) is 4.72 Å². The second-order valence-corrected chi connectivity index (χ2v) is 8.61. The lowest BCUT2D eigenvalue weighted by Crippen LogP contribution is -2.31. The lowest BCUT2D eigenvalue weighted by molar-refractivity contribution is -0.123. The first-order chi connectivity index (χ1) is 13.6. The first kappa shape index (κ1) is 22.6. The van der Waals surface area contributed by atoms with Crippen molar-refractivity contribution < 1.29 is 22.7 Å². The van der Waals surface area contributed by atoms with E-state index in [0.29, 0.717) is 5.69 Å². The predicted molar refractivity (Wildman–Crippen MR) is 111 cm³/mol. The maximum absolute atomic E-state index is 12.4. The van der Waals surface area contributed by atoms with Crippen molar-refractivity contribution in [3.05, 3.63) is 59.7 Å². The van der Waals surface area contributed by atoms with Crippen LogP contribution in [0.1, 0.15) is 43.6 Å². The van der Waals surface area contributed by atoms with Crippen LogP contribution in [-0.2, 0) is 26.0 Å². The quantitative estimate of drug-likeness (QED) is 0.642. The molecule has 156 valence electrons. The Morgan fingerprint density at radius 2 is 1.69 bits per heavy atom. The number of hydrogen-bond donors (Lipinski definition) is 2. The first-order valence-corrected chi connectivity index (χ1v) is 10.8. The molecule has 0 fully saturated rings. The summed E-state index contributed by atoms with van der Waals surface area (Å²) in [4.78, 5) is 24.6. The Morgan fingerprint density at radius 1 is 1.03 bits per heavy atom. The van der Waals surface area contributed by atoms with Gasteiger partial charge in [-0.15, -0.1) is 0 Å². The van der Waals surface area contributed by atoms with Gasteiger partial charge < -0.3 is 10.1 Å². The molecule has 2 N–H and O–H groups in total. The molecular weight excluding hydrogens is 392 g/mol. The van der Waals surface area contributed by atoms with Crippen LogP contribution in [0, 0.1) is 0 Å². The SMILES string of the molecule is CCc1ccc(NC(=O)[C@H](C)OC(=O)c2cccc(S(=O)(=O)NC(C)C)c2)cc1. The number of carbonyl (C=O) groups excluding carboxylic acids is 2. The van der Waals surface area contributed by atoms with Crippen molar-refractivity contribution in [1.29, 1.82) is 0 Å². The van der Waals surface area contributed by atoms with Crippen molar-refractivity contribution in [3.63, 3.8) is 0 Å². The second-order valence-electron chi connectivity index (χ2n) is 6.89. The van der Waals surface area contributed by atoms with Gasteiger partial charge in [-0.2, -0.15) is 0 Å². The topological polar surface area (TPSA) is 102 Å². The molecule has 1 atom stereocenters. The summed E-state index contributed by atoms with van der Waals surface area (Å²) in [5.74, 6) is -1.26. The molecule has 0 saturated heterocycles. The van der Waals surface area contributed by atoms with Gasteiger partial charge in [0.05, 0.1) is 10.5 Å². The average Bonchev–Trinajstić information content (AvgIpc) is 2.67. The molecule has 0 aliphatic heterocycles. The van der Waals surface area contributed by atoms with Crippen LogP contribution in [0.3, 0.4) is 0 Å². The fraction of sp³-hybridized carbons (Fsp3) is 0.333. The Balaban J connectivity index is 2.05. The van der Waals surface area contributed by atoms with Crippen LogP contribution >= 0.6 is 0 Å². The highest BCUT2D eigenvalue weighted by atomic mass is 32.2. The molecule has 7 nitrogen and oxygen atoms in total. The molecule has 0 aromatic heterocycles. The monoisotopic (exact) mass is 418 g/mol. The van der Waals surface area contributed by atoms with Gasteiger partial charge in [0.15, 0.2) is 6.10 Å². The highest BCUT2D eigenvalue weighted by Crippen LogP contribution is 2.15. The summed E-state index contributed by atoms with van der Waals surface area (Å²) >= 11 is 0. The van der Waals surface area contributed by atoms with Crippen molar-refractivity contribution in [2.75, 3.05) is 5.32 Å². The number of benzene rings is 2.